The number of aliphatic hydroxyl groups is 1. The van der Waals surface area contributed by atoms with Crippen molar-refractivity contribution in [2.45, 2.75) is 40.0 Å². The Bertz CT molecular complexity index is 634. The lowest BCUT2D eigenvalue weighted by Gasteiger charge is -2.19. The highest BCUT2D eigenvalue weighted by Crippen LogP contribution is 2.23. The van der Waals surface area contributed by atoms with Gasteiger partial charge in [0.1, 0.15) is 5.82 Å². The van der Waals surface area contributed by atoms with Crippen LogP contribution in [0.25, 0.3) is 0 Å². The summed E-state index contributed by atoms with van der Waals surface area (Å²) < 4.78 is 2.09. The number of benzene rings is 1. The molecule has 2 N–H and O–H groups in total. The van der Waals surface area contributed by atoms with Gasteiger partial charge in [0.05, 0.1) is 11.8 Å². The molecular weight excluding hydrogens is 300 g/mol. The van der Waals surface area contributed by atoms with Gasteiger partial charge in [-0.2, -0.15) is 5.10 Å². The highest BCUT2D eigenvalue weighted by molar-refractivity contribution is 5.49. The van der Waals surface area contributed by atoms with Crippen LogP contribution in [0.4, 0.5) is 5.82 Å². The van der Waals surface area contributed by atoms with Crippen molar-refractivity contribution in [3.63, 3.8) is 0 Å². The van der Waals surface area contributed by atoms with E-state index in [0.717, 1.165) is 23.6 Å². The van der Waals surface area contributed by atoms with Gasteiger partial charge in [-0.15, -0.1) is 0 Å². The Balaban J connectivity index is 2.05. The topological polar surface area (TPSA) is 53.3 Å². The van der Waals surface area contributed by atoms with Crippen molar-refractivity contribution in [1.82, 2.24) is 15.1 Å². The Morgan fingerprint density at radius 1 is 1.21 bits per heavy atom. The number of hydrogen-bond donors (Lipinski definition) is 2. The minimum Gasteiger partial charge on any atom is -0.387 e. The van der Waals surface area contributed by atoms with Gasteiger partial charge in [0.2, 0.25) is 0 Å². The molecule has 0 spiro atoms. The Morgan fingerprint density at radius 2 is 1.88 bits per heavy atom. The number of rotatable bonds is 8. The molecule has 1 unspecified atom stereocenters. The Morgan fingerprint density at radius 3 is 2.46 bits per heavy atom. The standard InChI is InChI=1S/C19H30N4O/c1-14(2)13-23-19(22(4)5)17(15(3)21-23)11-20-12-18(24)16-9-7-6-8-10-16/h6-10,14,18,20,24H,11-13H2,1-5H3. The molecule has 1 aromatic carbocycles. The second kappa shape index (κ2) is 8.31. The Kier molecular flexibility index (Phi) is 6.40. The van der Waals surface area contributed by atoms with Crippen molar-refractivity contribution < 1.29 is 5.11 Å². The van der Waals surface area contributed by atoms with E-state index < -0.39 is 6.10 Å². The zero-order valence-corrected chi connectivity index (χ0v) is 15.5. The van der Waals surface area contributed by atoms with E-state index in [4.69, 9.17) is 5.10 Å². The molecule has 5 heteroatoms. The van der Waals surface area contributed by atoms with Gasteiger partial charge in [0, 0.05) is 39.3 Å². The molecule has 0 bridgehead atoms. The third kappa shape index (κ3) is 4.58. The summed E-state index contributed by atoms with van der Waals surface area (Å²) in [6.07, 6.45) is -0.500. The van der Waals surface area contributed by atoms with Crippen LogP contribution in [0.5, 0.6) is 0 Å². The first-order valence-corrected chi connectivity index (χ1v) is 8.57. The van der Waals surface area contributed by atoms with Crippen LogP contribution in [0.3, 0.4) is 0 Å². The van der Waals surface area contributed by atoms with Crippen molar-refractivity contribution >= 4 is 5.82 Å². The minimum absolute atomic E-state index is 0.500. The molecule has 2 rings (SSSR count). The molecule has 0 saturated heterocycles. The van der Waals surface area contributed by atoms with E-state index in [1.54, 1.807) is 0 Å². The van der Waals surface area contributed by atoms with Crippen LogP contribution in [0, 0.1) is 12.8 Å². The summed E-state index contributed by atoms with van der Waals surface area (Å²) in [5.41, 5.74) is 3.17. The fourth-order valence-corrected chi connectivity index (χ4v) is 2.91. The summed E-state index contributed by atoms with van der Waals surface area (Å²) in [6.45, 7) is 8.57. The molecule has 1 aromatic heterocycles. The molecule has 0 aliphatic rings. The fraction of sp³-hybridized carbons (Fsp3) is 0.526. The third-order valence-electron chi connectivity index (χ3n) is 4.01. The molecular formula is C19H30N4O. The zero-order valence-electron chi connectivity index (χ0n) is 15.5. The van der Waals surface area contributed by atoms with E-state index in [-0.39, 0.29) is 0 Å². The molecule has 0 saturated carbocycles. The monoisotopic (exact) mass is 330 g/mol. The van der Waals surface area contributed by atoms with Crippen molar-refractivity contribution in [2.24, 2.45) is 5.92 Å². The Labute approximate surface area is 145 Å². The lowest BCUT2D eigenvalue weighted by Crippen LogP contribution is -2.23. The van der Waals surface area contributed by atoms with Gasteiger partial charge >= 0.3 is 0 Å². The summed E-state index contributed by atoms with van der Waals surface area (Å²) in [7, 11) is 4.10. The van der Waals surface area contributed by atoms with Crippen molar-refractivity contribution in [3.8, 4) is 0 Å². The molecule has 5 nitrogen and oxygen atoms in total. The number of aryl methyl sites for hydroxylation is 1. The van der Waals surface area contributed by atoms with E-state index >= 15 is 0 Å². The third-order valence-corrected chi connectivity index (χ3v) is 4.01. The first-order chi connectivity index (χ1) is 11.4. The summed E-state index contributed by atoms with van der Waals surface area (Å²) in [5, 5.41) is 18.3. The normalized spacial score (nSPS) is 12.6. The molecule has 0 amide bonds. The van der Waals surface area contributed by atoms with Crippen LogP contribution in [0.15, 0.2) is 30.3 Å². The SMILES string of the molecule is Cc1nn(CC(C)C)c(N(C)C)c1CNCC(O)c1ccccc1. The molecule has 24 heavy (non-hydrogen) atoms. The van der Waals surface area contributed by atoms with Gasteiger partial charge in [-0.1, -0.05) is 44.2 Å². The lowest BCUT2D eigenvalue weighted by atomic mass is 10.1. The van der Waals surface area contributed by atoms with E-state index in [0.29, 0.717) is 19.0 Å². The largest absolute Gasteiger partial charge is 0.387 e. The first kappa shape index (κ1) is 18.5. The van der Waals surface area contributed by atoms with Crippen LogP contribution < -0.4 is 10.2 Å². The molecule has 1 atom stereocenters. The van der Waals surface area contributed by atoms with Gasteiger partial charge in [0.15, 0.2) is 0 Å². The number of nitrogens with one attached hydrogen (secondary N) is 1. The smallest absolute Gasteiger partial charge is 0.131 e. The van der Waals surface area contributed by atoms with Gasteiger partial charge in [-0.3, -0.25) is 0 Å². The number of anilines is 1. The second-order valence-corrected chi connectivity index (χ2v) is 6.92. The van der Waals surface area contributed by atoms with Gasteiger partial charge in [0.25, 0.3) is 0 Å². The quantitative estimate of drug-likeness (QED) is 0.781. The lowest BCUT2D eigenvalue weighted by molar-refractivity contribution is 0.174. The minimum atomic E-state index is -0.500. The van der Waals surface area contributed by atoms with Crippen LogP contribution in [-0.4, -0.2) is 35.5 Å². The van der Waals surface area contributed by atoms with Crippen LogP contribution >= 0.6 is 0 Å². The summed E-state index contributed by atoms with van der Waals surface area (Å²) in [4.78, 5) is 2.12. The van der Waals surface area contributed by atoms with E-state index in [9.17, 15) is 5.11 Å². The number of nitrogens with zero attached hydrogens (tertiary/aromatic N) is 3. The van der Waals surface area contributed by atoms with Gasteiger partial charge in [-0.05, 0) is 18.4 Å². The molecule has 0 radical (unpaired) electrons. The molecule has 132 valence electrons. The number of aromatic nitrogens is 2. The Hall–Kier alpha value is -1.85. The molecule has 1 heterocycles. The molecule has 0 aliphatic heterocycles. The first-order valence-electron chi connectivity index (χ1n) is 8.57. The number of hydrogen-bond acceptors (Lipinski definition) is 4. The maximum absolute atomic E-state index is 10.3. The predicted molar refractivity (Wildman–Crippen MR) is 99.2 cm³/mol. The maximum Gasteiger partial charge on any atom is 0.131 e. The molecule has 0 fully saturated rings. The predicted octanol–water partition coefficient (Wildman–Crippen LogP) is 2.74. The van der Waals surface area contributed by atoms with Crippen molar-refractivity contribution in [3.05, 3.63) is 47.2 Å². The van der Waals surface area contributed by atoms with Gasteiger partial charge < -0.3 is 15.3 Å². The van der Waals surface area contributed by atoms with E-state index in [1.807, 2.05) is 30.3 Å². The second-order valence-electron chi connectivity index (χ2n) is 6.92. The van der Waals surface area contributed by atoms with Crippen LogP contribution in [0.2, 0.25) is 0 Å². The average molecular weight is 330 g/mol. The molecule has 0 aliphatic carbocycles. The highest BCUT2D eigenvalue weighted by atomic mass is 16.3. The fourth-order valence-electron chi connectivity index (χ4n) is 2.91. The number of aliphatic hydroxyl groups excluding tert-OH is 1. The zero-order chi connectivity index (χ0) is 17.7. The molecule has 2 aromatic rings. The maximum atomic E-state index is 10.3. The van der Waals surface area contributed by atoms with Crippen molar-refractivity contribution in [1.29, 1.82) is 0 Å². The summed E-state index contributed by atoms with van der Waals surface area (Å²) in [5.74, 6) is 1.69. The summed E-state index contributed by atoms with van der Waals surface area (Å²) in [6, 6.07) is 9.75. The average Bonchev–Trinajstić information content (AvgIpc) is 2.83. The van der Waals surface area contributed by atoms with Crippen LogP contribution in [-0.2, 0) is 13.1 Å². The van der Waals surface area contributed by atoms with E-state index in [2.05, 4.69) is 49.8 Å². The van der Waals surface area contributed by atoms with Crippen molar-refractivity contribution in [2.75, 3.05) is 25.5 Å². The highest BCUT2D eigenvalue weighted by Gasteiger charge is 2.17. The van der Waals surface area contributed by atoms with E-state index in [1.165, 1.54) is 5.56 Å². The summed E-state index contributed by atoms with van der Waals surface area (Å²) >= 11 is 0. The van der Waals surface area contributed by atoms with Gasteiger partial charge in [-0.25, -0.2) is 4.68 Å². The van der Waals surface area contributed by atoms with Crippen LogP contribution in [0.1, 0.15) is 36.8 Å².